The first-order valence-electron chi connectivity index (χ1n) is 7.09. The van der Waals surface area contributed by atoms with Gasteiger partial charge in [0, 0.05) is 20.0 Å². The molecule has 1 aromatic rings. The fourth-order valence-electron chi connectivity index (χ4n) is 2.68. The number of anilines is 1. The Morgan fingerprint density at radius 2 is 2.16 bits per heavy atom. The number of nitrogens with zero attached hydrogens (tertiary/aromatic N) is 2. The maximum atomic E-state index is 12.2. The molecule has 0 radical (unpaired) electrons. The van der Waals surface area contributed by atoms with Gasteiger partial charge >= 0.3 is 6.03 Å². The van der Waals surface area contributed by atoms with Gasteiger partial charge in [-0.05, 0) is 25.7 Å². The molecule has 0 atom stereocenters. The van der Waals surface area contributed by atoms with Gasteiger partial charge in [0.2, 0.25) is 0 Å². The average molecular weight is 265 g/mol. The third kappa shape index (κ3) is 3.28. The quantitative estimate of drug-likeness (QED) is 0.909. The number of urea groups is 1. The zero-order valence-corrected chi connectivity index (χ0v) is 12.0. The zero-order chi connectivity index (χ0) is 13.8. The van der Waals surface area contributed by atoms with Crippen LogP contribution in [-0.4, -0.2) is 29.7 Å². The molecule has 0 saturated heterocycles. The lowest BCUT2D eigenvalue weighted by atomic mass is 10.1. The highest BCUT2D eigenvalue weighted by Gasteiger charge is 2.21. The Labute approximate surface area is 114 Å². The number of rotatable bonds is 4. The van der Waals surface area contributed by atoms with Gasteiger partial charge in [-0.25, -0.2) is 4.79 Å². The Bertz CT molecular complexity index is 436. The fraction of sp³-hybridized carbons (Fsp3) is 0.714. The molecule has 5 nitrogen and oxygen atoms in total. The normalized spacial score (nSPS) is 15.7. The summed E-state index contributed by atoms with van der Waals surface area (Å²) in [5, 5.41) is 6.81. The van der Waals surface area contributed by atoms with E-state index in [4.69, 9.17) is 4.52 Å². The molecule has 0 aromatic carbocycles. The zero-order valence-electron chi connectivity index (χ0n) is 12.0. The Hall–Kier alpha value is -1.52. The summed E-state index contributed by atoms with van der Waals surface area (Å²) in [6, 6.07) is -0.0760. The van der Waals surface area contributed by atoms with Crippen molar-refractivity contribution in [2.24, 2.45) is 5.92 Å². The summed E-state index contributed by atoms with van der Waals surface area (Å²) in [7, 11) is 1.85. The summed E-state index contributed by atoms with van der Waals surface area (Å²) < 4.78 is 5.18. The van der Waals surface area contributed by atoms with Crippen molar-refractivity contribution in [3.05, 3.63) is 11.5 Å². The van der Waals surface area contributed by atoms with Crippen LogP contribution >= 0.6 is 0 Å². The molecule has 2 rings (SSSR count). The predicted molar refractivity (Wildman–Crippen MR) is 74.2 cm³/mol. The first-order chi connectivity index (χ1) is 9.11. The fourth-order valence-corrected chi connectivity index (χ4v) is 2.68. The van der Waals surface area contributed by atoms with Crippen LogP contribution in [0.15, 0.2) is 4.52 Å². The van der Waals surface area contributed by atoms with Gasteiger partial charge in [0.25, 0.3) is 0 Å². The number of carbonyl (C=O) groups is 1. The second-order valence-electron chi connectivity index (χ2n) is 5.38. The van der Waals surface area contributed by atoms with Gasteiger partial charge in [0.05, 0.1) is 0 Å². The molecule has 5 heteroatoms. The molecule has 1 N–H and O–H groups in total. The smallest absolute Gasteiger partial charge is 0.321 e. The van der Waals surface area contributed by atoms with Crippen molar-refractivity contribution in [1.29, 1.82) is 0 Å². The van der Waals surface area contributed by atoms with Crippen molar-refractivity contribution in [2.75, 3.05) is 18.9 Å². The van der Waals surface area contributed by atoms with Crippen molar-refractivity contribution in [1.82, 2.24) is 10.1 Å². The van der Waals surface area contributed by atoms with Crippen LogP contribution in [-0.2, 0) is 6.42 Å². The van der Waals surface area contributed by atoms with Gasteiger partial charge in [-0.1, -0.05) is 24.9 Å². The van der Waals surface area contributed by atoms with Gasteiger partial charge in [-0.2, -0.15) is 0 Å². The number of aryl methyl sites for hydroxylation is 2. The van der Waals surface area contributed by atoms with E-state index >= 15 is 0 Å². The molecule has 1 saturated carbocycles. The summed E-state index contributed by atoms with van der Waals surface area (Å²) in [6.45, 7) is 4.66. The minimum absolute atomic E-state index is 0.0760. The second-order valence-corrected chi connectivity index (χ2v) is 5.38. The molecule has 0 aliphatic heterocycles. The number of hydrogen-bond donors (Lipinski definition) is 1. The summed E-state index contributed by atoms with van der Waals surface area (Å²) in [4.78, 5) is 13.9. The van der Waals surface area contributed by atoms with Crippen LogP contribution in [0.25, 0.3) is 0 Å². The predicted octanol–water partition coefficient (Wildman–Crippen LogP) is 3.20. The molecule has 1 aromatic heterocycles. The van der Waals surface area contributed by atoms with E-state index in [1.807, 2.05) is 20.9 Å². The van der Waals surface area contributed by atoms with Crippen LogP contribution in [0, 0.1) is 12.8 Å². The van der Waals surface area contributed by atoms with Crippen molar-refractivity contribution < 1.29 is 9.32 Å². The highest BCUT2D eigenvalue weighted by molar-refractivity contribution is 5.90. The van der Waals surface area contributed by atoms with Crippen molar-refractivity contribution >= 4 is 11.7 Å². The minimum atomic E-state index is -0.0760. The summed E-state index contributed by atoms with van der Waals surface area (Å²) in [5.74, 6) is 1.39. The Morgan fingerprint density at radius 1 is 1.47 bits per heavy atom. The third-order valence-electron chi connectivity index (χ3n) is 3.84. The SMILES string of the molecule is CCc1onc(C)c1NC(=O)N(C)CC1CCCC1. The maximum Gasteiger partial charge on any atom is 0.321 e. The lowest BCUT2D eigenvalue weighted by molar-refractivity contribution is 0.214. The van der Waals surface area contributed by atoms with Crippen LogP contribution in [0.5, 0.6) is 0 Å². The molecule has 0 unspecified atom stereocenters. The van der Waals surface area contributed by atoms with Crippen molar-refractivity contribution in [3.8, 4) is 0 Å². The summed E-state index contributed by atoms with van der Waals surface area (Å²) in [5.41, 5.74) is 1.46. The number of amides is 2. The largest absolute Gasteiger partial charge is 0.359 e. The van der Waals surface area contributed by atoms with Gasteiger partial charge in [0.15, 0.2) is 5.76 Å². The molecular weight excluding hydrogens is 242 g/mol. The Kier molecular flexibility index (Phi) is 4.45. The molecule has 0 bridgehead atoms. The van der Waals surface area contributed by atoms with Gasteiger partial charge in [-0.3, -0.25) is 0 Å². The van der Waals surface area contributed by atoms with Gasteiger partial charge in [-0.15, -0.1) is 0 Å². The molecule has 0 spiro atoms. The first-order valence-corrected chi connectivity index (χ1v) is 7.09. The third-order valence-corrected chi connectivity index (χ3v) is 3.84. The van der Waals surface area contributed by atoms with Crippen LogP contribution in [0.3, 0.4) is 0 Å². The molecule has 1 heterocycles. The van der Waals surface area contributed by atoms with Crippen molar-refractivity contribution in [2.45, 2.75) is 46.0 Å². The molecule has 1 aliphatic carbocycles. The maximum absolute atomic E-state index is 12.2. The standard InChI is InChI=1S/C14H23N3O2/c1-4-12-13(10(2)16-19-12)15-14(18)17(3)9-11-7-5-6-8-11/h11H,4-9H2,1-3H3,(H,15,18). The average Bonchev–Trinajstić information content (AvgIpc) is 3.00. The van der Waals surface area contributed by atoms with Crippen molar-refractivity contribution in [3.63, 3.8) is 0 Å². The molecule has 2 amide bonds. The number of hydrogen-bond acceptors (Lipinski definition) is 3. The van der Waals surface area contributed by atoms with E-state index in [0.29, 0.717) is 5.92 Å². The van der Waals surface area contributed by atoms with E-state index in [2.05, 4.69) is 10.5 Å². The summed E-state index contributed by atoms with van der Waals surface area (Å²) >= 11 is 0. The number of aromatic nitrogens is 1. The van der Waals surface area contributed by atoms with Gasteiger partial charge < -0.3 is 14.7 Å². The van der Waals surface area contributed by atoms with Gasteiger partial charge in [0.1, 0.15) is 11.4 Å². The van der Waals surface area contributed by atoms with Crippen LogP contribution in [0.4, 0.5) is 10.5 Å². The first kappa shape index (κ1) is 13.9. The monoisotopic (exact) mass is 265 g/mol. The van der Waals surface area contributed by atoms with Crippen LogP contribution in [0.1, 0.15) is 44.1 Å². The van der Waals surface area contributed by atoms with E-state index in [-0.39, 0.29) is 6.03 Å². The molecule has 1 fully saturated rings. The van der Waals surface area contributed by atoms with E-state index in [0.717, 1.165) is 30.1 Å². The Balaban J connectivity index is 1.93. The number of nitrogens with one attached hydrogen (secondary N) is 1. The second kappa shape index (κ2) is 6.08. The molecule has 19 heavy (non-hydrogen) atoms. The topological polar surface area (TPSA) is 58.4 Å². The molecular formula is C14H23N3O2. The Morgan fingerprint density at radius 3 is 2.79 bits per heavy atom. The highest BCUT2D eigenvalue weighted by Crippen LogP contribution is 2.26. The lowest BCUT2D eigenvalue weighted by Gasteiger charge is -2.21. The van der Waals surface area contributed by atoms with Crippen LogP contribution in [0.2, 0.25) is 0 Å². The number of carbonyl (C=O) groups excluding carboxylic acids is 1. The summed E-state index contributed by atoms with van der Waals surface area (Å²) in [6.07, 6.45) is 5.80. The van der Waals surface area contributed by atoms with E-state index in [1.165, 1.54) is 25.7 Å². The lowest BCUT2D eigenvalue weighted by Crippen LogP contribution is -2.35. The minimum Gasteiger partial charge on any atom is -0.359 e. The van der Waals surface area contributed by atoms with E-state index in [1.54, 1.807) is 4.90 Å². The molecule has 1 aliphatic rings. The molecule has 106 valence electrons. The highest BCUT2D eigenvalue weighted by atomic mass is 16.5. The van der Waals surface area contributed by atoms with E-state index < -0.39 is 0 Å². The van der Waals surface area contributed by atoms with Crippen LogP contribution < -0.4 is 5.32 Å². The van der Waals surface area contributed by atoms with E-state index in [9.17, 15) is 4.79 Å².